The average molecular weight is 331 g/mol. The molecule has 0 fully saturated rings. The Morgan fingerprint density at radius 1 is 1.35 bits per heavy atom. The van der Waals surface area contributed by atoms with Crippen molar-refractivity contribution in [1.29, 1.82) is 0 Å². The molecule has 0 radical (unpaired) electrons. The average Bonchev–Trinajstić information content (AvgIpc) is 2.88. The minimum atomic E-state index is 0.377. The molecule has 0 aliphatic carbocycles. The zero-order valence-electron chi connectivity index (χ0n) is 11.3. The Balaban J connectivity index is 2.16. The maximum Gasteiger partial charge on any atom is 0.143 e. The van der Waals surface area contributed by atoms with E-state index in [0.717, 1.165) is 10.4 Å². The quantitative estimate of drug-likeness (QED) is 0.845. The number of nitrogens with one attached hydrogen (secondary N) is 1. The Bertz CT molecular complexity index is 559. The van der Waals surface area contributed by atoms with Crippen LogP contribution in [0.2, 0.25) is 10.0 Å². The lowest BCUT2D eigenvalue weighted by atomic mass is 10.2. The number of hydrogen-bond acceptors (Lipinski definition) is 4. The van der Waals surface area contributed by atoms with Crippen LogP contribution in [-0.2, 0) is 13.2 Å². The van der Waals surface area contributed by atoms with E-state index in [2.05, 4.69) is 24.1 Å². The summed E-state index contributed by atoms with van der Waals surface area (Å²) in [4.78, 5) is 5.08. The molecule has 0 saturated carbocycles. The number of aromatic nitrogens is 1. The molecule has 0 aliphatic heterocycles. The molecule has 1 heterocycles. The molecular weight excluding hydrogens is 315 g/mol. The molecule has 20 heavy (non-hydrogen) atoms. The van der Waals surface area contributed by atoms with E-state index in [-0.39, 0.29) is 0 Å². The van der Waals surface area contributed by atoms with Crippen LogP contribution in [0.3, 0.4) is 0 Å². The first-order valence-electron chi connectivity index (χ1n) is 6.27. The number of thiazole rings is 1. The lowest BCUT2D eigenvalue weighted by Crippen LogP contribution is -2.22. The topological polar surface area (TPSA) is 34.1 Å². The van der Waals surface area contributed by atoms with Crippen molar-refractivity contribution in [1.82, 2.24) is 10.3 Å². The number of hydrogen-bond donors (Lipinski definition) is 1. The number of benzene rings is 1. The lowest BCUT2D eigenvalue weighted by molar-refractivity contribution is 0.305. The first kappa shape index (κ1) is 15.6. The second-order valence-electron chi connectivity index (χ2n) is 4.67. The highest BCUT2D eigenvalue weighted by Crippen LogP contribution is 2.33. The number of nitrogens with zero attached hydrogens (tertiary/aromatic N) is 1. The van der Waals surface area contributed by atoms with Gasteiger partial charge in [0.2, 0.25) is 0 Å². The molecule has 0 aliphatic rings. The molecule has 108 valence electrons. The largest absolute Gasteiger partial charge is 0.486 e. The molecule has 0 atom stereocenters. The smallest absolute Gasteiger partial charge is 0.143 e. The number of rotatable bonds is 6. The van der Waals surface area contributed by atoms with Gasteiger partial charge in [-0.2, -0.15) is 0 Å². The van der Waals surface area contributed by atoms with Gasteiger partial charge < -0.3 is 10.1 Å². The van der Waals surface area contributed by atoms with Crippen LogP contribution in [-0.4, -0.2) is 11.0 Å². The van der Waals surface area contributed by atoms with Crippen molar-refractivity contribution in [3.8, 4) is 5.75 Å². The van der Waals surface area contributed by atoms with Gasteiger partial charge in [-0.25, -0.2) is 0 Å². The minimum absolute atomic E-state index is 0.377. The molecular formula is C14H16Cl2N2OS. The van der Waals surface area contributed by atoms with E-state index in [1.807, 2.05) is 6.07 Å². The summed E-state index contributed by atoms with van der Waals surface area (Å²) in [6.07, 6.45) is 1.79. The Labute approximate surface area is 132 Å². The highest BCUT2D eigenvalue weighted by Gasteiger charge is 2.12. The zero-order chi connectivity index (χ0) is 14.5. The first-order chi connectivity index (χ1) is 9.56. The van der Waals surface area contributed by atoms with E-state index in [1.165, 1.54) is 0 Å². The van der Waals surface area contributed by atoms with Crippen molar-refractivity contribution >= 4 is 34.5 Å². The number of ether oxygens (including phenoxy) is 1. The molecule has 2 aromatic rings. The lowest BCUT2D eigenvalue weighted by Gasteiger charge is -2.15. The Kier molecular flexibility index (Phi) is 5.66. The summed E-state index contributed by atoms with van der Waals surface area (Å²) < 4.78 is 5.84. The number of halogens is 2. The second kappa shape index (κ2) is 7.27. The molecule has 6 heteroatoms. The summed E-state index contributed by atoms with van der Waals surface area (Å²) in [6.45, 7) is 5.30. The van der Waals surface area contributed by atoms with Crippen molar-refractivity contribution in [3.05, 3.63) is 44.3 Å². The van der Waals surface area contributed by atoms with Gasteiger partial charge in [0.15, 0.2) is 0 Å². The van der Waals surface area contributed by atoms with Gasteiger partial charge in [-0.05, 0) is 12.1 Å². The van der Waals surface area contributed by atoms with Gasteiger partial charge in [0, 0.05) is 29.4 Å². The summed E-state index contributed by atoms with van der Waals surface area (Å²) in [5.74, 6) is 0.678. The minimum Gasteiger partial charge on any atom is -0.486 e. The van der Waals surface area contributed by atoms with Crippen LogP contribution in [0.4, 0.5) is 0 Å². The van der Waals surface area contributed by atoms with Gasteiger partial charge in [-0.15, -0.1) is 11.3 Å². The van der Waals surface area contributed by atoms with Gasteiger partial charge in [0.05, 0.1) is 15.4 Å². The summed E-state index contributed by atoms with van der Waals surface area (Å²) >= 11 is 13.9. The fraction of sp³-hybridized carbons (Fsp3) is 0.357. The van der Waals surface area contributed by atoms with Crippen molar-refractivity contribution in [2.45, 2.75) is 33.0 Å². The molecule has 0 bridgehead atoms. The predicted molar refractivity (Wildman–Crippen MR) is 84.9 cm³/mol. The Morgan fingerprint density at radius 2 is 2.15 bits per heavy atom. The standard InChI is InChI=1S/C14H16Cl2N2OS/c1-9(2)18-5-10-3-11(15)4-13(16)14(10)19-7-12-6-17-8-20-12/h3-4,6,8-9,18H,5,7H2,1-2H3. The summed E-state index contributed by atoms with van der Waals surface area (Å²) in [7, 11) is 0. The van der Waals surface area contributed by atoms with Gasteiger partial charge >= 0.3 is 0 Å². The molecule has 0 saturated heterocycles. The summed E-state index contributed by atoms with van der Waals surface area (Å²) in [5.41, 5.74) is 2.74. The summed E-state index contributed by atoms with van der Waals surface area (Å²) in [5, 5.41) is 4.48. The highest BCUT2D eigenvalue weighted by atomic mass is 35.5. The van der Waals surface area contributed by atoms with Crippen LogP contribution in [0, 0.1) is 0 Å². The van der Waals surface area contributed by atoms with Crippen molar-refractivity contribution < 1.29 is 4.74 Å². The van der Waals surface area contributed by atoms with Crippen LogP contribution in [0.1, 0.15) is 24.3 Å². The molecule has 1 aromatic heterocycles. The molecule has 1 N–H and O–H groups in total. The van der Waals surface area contributed by atoms with E-state index in [4.69, 9.17) is 27.9 Å². The van der Waals surface area contributed by atoms with Crippen LogP contribution in [0.5, 0.6) is 5.75 Å². The van der Waals surface area contributed by atoms with E-state index in [0.29, 0.717) is 35.0 Å². The van der Waals surface area contributed by atoms with E-state index >= 15 is 0 Å². The van der Waals surface area contributed by atoms with E-state index in [9.17, 15) is 0 Å². The van der Waals surface area contributed by atoms with Crippen molar-refractivity contribution in [3.63, 3.8) is 0 Å². The molecule has 3 nitrogen and oxygen atoms in total. The van der Waals surface area contributed by atoms with Crippen molar-refractivity contribution in [2.24, 2.45) is 0 Å². The fourth-order valence-electron chi connectivity index (χ4n) is 1.68. The molecule has 0 unspecified atom stereocenters. The third kappa shape index (κ3) is 4.35. The molecule has 2 rings (SSSR count). The maximum absolute atomic E-state index is 6.24. The van der Waals surface area contributed by atoms with E-state index in [1.54, 1.807) is 29.1 Å². The maximum atomic E-state index is 6.24. The highest BCUT2D eigenvalue weighted by molar-refractivity contribution is 7.09. The Hall–Kier alpha value is -0.810. The third-order valence-corrected chi connectivity index (χ3v) is 3.88. The van der Waals surface area contributed by atoms with Gasteiger partial charge in [0.1, 0.15) is 12.4 Å². The SMILES string of the molecule is CC(C)NCc1cc(Cl)cc(Cl)c1OCc1cncs1. The normalized spacial score (nSPS) is 11.1. The first-order valence-corrected chi connectivity index (χ1v) is 7.91. The van der Waals surface area contributed by atoms with Gasteiger partial charge in [-0.1, -0.05) is 37.0 Å². The fourth-order valence-corrected chi connectivity index (χ4v) is 2.77. The zero-order valence-corrected chi connectivity index (χ0v) is 13.6. The Morgan fingerprint density at radius 3 is 2.80 bits per heavy atom. The second-order valence-corrected chi connectivity index (χ2v) is 6.48. The van der Waals surface area contributed by atoms with Crippen LogP contribution in [0.25, 0.3) is 0 Å². The third-order valence-electron chi connectivity index (χ3n) is 2.63. The molecule has 0 amide bonds. The summed E-state index contributed by atoms with van der Waals surface area (Å²) in [6, 6.07) is 3.96. The van der Waals surface area contributed by atoms with Crippen molar-refractivity contribution in [2.75, 3.05) is 0 Å². The van der Waals surface area contributed by atoms with Gasteiger partial charge in [0.25, 0.3) is 0 Å². The van der Waals surface area contributed by atoms with Crippen LogP contribution >= 0.6 is 34.5 Å². The van der Waals surface area contributed by atoms with E-state index < -0.39 is 0 Å². The predicted octanol–water partition coefficient (Wildman–Crippen LogP) is 4.53. The van der Waals surface area contributed by atoms with Crippen LogP contribution in [0.15, 0.2) is 23.8 Å². The van der Waals surface area contributed by atoms with Gasteiger partial charge in [-0.3, -0.25) is 4.98 Å². The molecule has 1 aromatic carbocycles. The monoisotopic (exact) mass is 330 g/mol. The molecule has 0 spiro atoms. The van der Waals surface area contributed by atoms with Crippen LogP contribution < -0.4 is 10.1 Å².